The quantitative estimate of drug-likeness (QED) is 0.404. The lowest BCUT2D eigenvalue weighted by Gasteiger charge is -2.25. The van der Waals surface area contributed by atoms with Crippen LogP contribution in [0, 0.1) is 0 Å². The number of halogens is 1. The Balaban J connectivity index is 1.72. The number of nitrogens with one attached hydrogen (secondary N) is 2. The minimum atomic E-state index is -0.445. The summed E-state index contributed by atoms with van der Waals surface area (Å²) in [6.45, 7) is 4.37. The number of methoxy groups -OCH3 is 1. The van der Waals surface area contributed by atoms with Crippen LogP contribution in [0.5, 0.6) is 0 Å². The summed E-state index contributed by atoms with van der Waals surface area (Å²) < 4.78 is 10.1. The van der Waals surface area contributed by atoms with Gasteiger partial charge < -0.3 is 14.8 Å². The lowest BCUT2D eigenvalue weighted by molar-refractivity contribution is 0.0394. The molecule has 1 fully saturated rings. The van der Waals surface area contributed by atoms with Crippen LogP contribution in [-0.4, -0.2) is 69.2 Å². The van der Waals surface area contributed by atoms with Gasteiger partial charge in [0.25, 0.3) is 5.91 Å². The average molecular weight is 445 g/mol. The van der Waals surface area contributed by atoms with E-state index in [9.17, 15) is 9.59 Å². The zero-order chi connectivity index (χ0) is 22.1. The molecule has 9 heteroatoms. The number of nitrogens with zero attached hydrogens (tertiary/aromatic N) is 2. The number of ether oxygens (including phenoxy) is 2. The average Bonchev–Trinajstić information content (AvgIpc) is 2.79. The Morgan fingerprint density at radius 3 is 2.58 bits per heavy atom. The van der Waals surface area contributed by atoms with Gasteiger partial charge in [0, 0.05) is 35.9 Å². The van der Waals surface area contributed by atoms with Gasteiger partial charge in [0.2, 0.25) is 5.96 Å². The van der Waals surface area contributed by atoms with Crippen LogP contribution in [0.4, 0.5) is 5.69 Å². The topological polar surface area (TPSA) is 92.3 Å². The number of carbonyl (C=O) groups excluding carboxylic acids is 2. The largest absolute Gasteiger partial charge is 0.465 e. The summed E-state index contributed by atoms with van der Waals surface area (Å²) >= 11 is 5.90. The molecule has 1 aliphatic rings. The van der Waals surface area contributed by atoms with Gasteiger partial charge in [-0.15, -0.1) is 0 Å². The molecular formula is C22H25ClN4O4. The molecule has 0 bridgehead atoms. The number of aliphatic imine (C=N–C) groups is 1. The predicted octanol–water partition coefficient (Wildman–Crippen LogP) is 2.66. The monoisotopic (exact) mass is 444 g/mol. The van der Waals surface area contributed by atoms with E-state index in [4.69, 9.17) is 21.1 Å². The van der Waals surface area contributed by atoms with Crippen LogP contribution in [0.25, 0.3) is 0 Å². The molecule has 8 nitrogen and oxygen atoms in total. The minimum absolute atomic E-state index is 0.287. The van der Waals surface area contributed by atoms with Crippen LogP contribution in [0.1, 0.15) is 20.7 Å². The van der Waals surface area contributed by atoms with Crippen LogP contribution >= 0.6 is 11.6 Å². The predicted molar refractivity (Wildman–Crippen MR) is 120 cm³/mol. The first kappa shape index (κ1) is 22.7. The van der Waals surface area contributed by atoms with Crippen LogP contribution in [0.3, 0.4) is 0 Å². The highest BCUT2D eigenvalue weighted by molar-refractivity contribution is 6.30. The molecule has 2 aromatic carbocycles. The third-order valence-corrected chi connectivity index (χ3v) is 4.93. The number of esters is 1. The first-order chi connectivity index (χ1) is 15.0. The van der Waals surface area contributed by atoms with Crippen molar-refractivity contribution in [3.63, 3.8) is 0 Å². The standard InChI is InChI=1S/C22H25ClN4O4/c1-30-21(29)17-3-2-4-19(15-17)25-22(24-9-10-27-11-13-31-14-12-27)26-20(28)16-5-7-18(23)8-6-16/h2-8,15H,9-14H2,1H3,(H2,24,25,26,28). The Kier molecular flexibility index (Phi) is 8.40. The van der Waals surface area contributed by atoms with Gasteiger partial charge in [-0.25, -0.2) is 4.79 Å². The molecule has 0 radical (unpaired) electrons. The normalized spacial score (nSPS) is 14.7. The van der Waals surface area contributed by atoms with Crippen molar-refractivity contribution in [3.05, 3.63) is 64.7 Å². The summed E-state index contributed by atoms with van der Waals surface area (Å²) in [7, 11) is 1.33. The SMILES string of the molecule is COC(=O)c1cccc(NC(=NCCN2CCOCC2)NC(=O)c2ccc(Cl)cc2)c1. The molecule has 1 saturated heterocycles. The molecule has 1 heterocycles. The number of morpholine rings is 1. The third-order valence-electron chi connectivity index (χ3n) is 4.67. The van der Waals surface area contributed by atoms with Crippen molar-refractivity contribution in [1.82, 2.24) is 10.2 Å². The summed E-state index contributed by atoms with van der Waals surface area (Å²) in [5.41, 5.74) is 1.45. The molecule has 2 N–H and O–H groups in total. The molecule has 0 atom stereocenters. The molecule has 2 aromatic rings. The minimum Gasteiger partial charge on any atom is -0.465 e. The highest BCUT2D eigenvalue weighted by Crippen LogP contribution is 2.12. The van der Waals surface area contributed by atoms with E-state index < -0.39 is 5.97 Å². The van der Waals surface area contributed by atoms with Crippen molar-refractivity contribution >= 4 is 35.1 Å². The van der Waals surface area contributed by atoms with Gasteiger partial charge in [0.15, 0.2) is 0 Å². The fourth-order valence-electron chi connectivity index (χ4n) is 3.00. The van der Waals surface area contributed by atoms with E-state index in [1.165, 1.54) is 7.11 Å². The van der Waals surface area contributed by atoms with Gasteiger partial charge in [-0.05, 0) is 42.5 Å². The van der Waals surface area contributed by atoms with E-state index in [1.807, 2.05) is 0 Å². The van der Waals surface area contributed by atoms with E-state index in [-0.39, 0.29) is 11.9 Å². The molecular weight excluding hydrogens is 420 g/mol. The van der Waals surface area contributed by atoms with Crippen LogP contribution in [0.2, 0.25) is 5.02 Å². The highest BCUT2D eigenvalue weighted by atomic mass is 35.5. The maximum atomic E-state index is 12.7. The molecule has 0 unspecified atom stereocenters. The maximum absolute atomic E-state index is 12.7. The third kappa shape index (κ3) is 7.06. The lowest BCUT2D eigenvalue weighted by Crippen LogP contribution is -2.39. The Morgan fingerprint density at radius 2 is 1.87 bits per heavy atom. The second-order valence-corrected chi connectivity index (χ2v) is 7.28. The number of amides is 1. The van der Waals surface area contributed by atoms with E-state index in [0.717, 1.165) is 19.6 Å². The van der Waals surface area contributed by atoms with Gasteiger partial charge in [-0.3, -0.25) is 20.0 Å². The van der Waals surface area contributed by atoms with Crippen LogP contribution in [-0.2, 0) is 9.47 Å². The summed E-state index contributed by atoms with van der Waals surface area (Å²) in [4.78, 5) is 31.3. The molecule has 1 amide bonds. The highest BCUT2D eigenvalue weighted by Gasteiger charge is 2.13. The molecule has 0 spiro atoms. The summed E-state index contributed by atoms with van der Waals surface area (Å²) in [6.07, 6.45) is 0. The molecule has 31 heavy (non-hydrogen) atoms. The van der Waals surface area contributed by atoms with Gasteiger partial charge in [-0.1, -0.05) is 17.7 Å². The number of guanidine groups is 1. The first-order valence-electron chi connectivity index (χ1n) is 9.92. The zero-order valence-corrected chi connectivity index (χ0v) is 18.0. The van der Waals surface area contributed by atoms with Crippen molar-refractivity contribution in [2.24, 2.45) is 4.99 Å². The van der Waals surface area contributed by atoms with E-state index in [1.54, 1.807) is 48.5 Å². The fourth-order valence-corrected chi connectivity index (χ4v) is 3.12. The number of hydrogen-bond acceptors (Lipinski definition) is 6. The molecule has 1 aliphatic heterocycles. The number of hydrogen-bond donors (Lipinski definition) is 2. The number of rotatable bonds is 6. The second-order valence-electron chi connectivity index (χ2n) is 6.84. The summed E-state index contributed by atoms with van der Waals surface area (Å²) in [5.74, 6) is -0.478. The Hall–Kier alpha value is -2.94. The molecule has 0 aromatic heterocycles. The molecule has 164 valence electrons. The summed E-state index contributed by atoms with van der Waals surface area (Å²) in [5, 5.41) is 6.44. The van der Waals surface area contributed by atoms with E-state index in [2.05, 4.69) is 20.5 Å². The van der Waals surface area contributed by atoms with E-state index in [0.29, 0.717) is 41.6 Å². The number of benzene rings is 2. The molecule has 0 saturated carbocycles. The van der Waals surface area contributed by atoms with Crippen LogP contribution < -0.4 is 10.6 Å². The number of carbonyl (C=O) groups is 2. The maximum Gasteiger partial charge on any atom is 0.337 e. The molecule has 0 aliphatic carbocycles. The number of anilines is 1. The Bertz CT molecular complexity index is 927. The summed E-state index contributed by atoms with van der Waals surface area (Å²) in [6, 6.07) is 13.4. The van der Waals surface area contributed by atoms with E-state index >= 15 is 0 Å². The smallest absolute Gasteiger partial charge is 0.337 e. The van der Waals surface area contributed by atoms with Gasteiger partial charge >= 0.3 is 5.97 Å². The second kappa shape index (κ2) is 11.5. The first-order valence-corrected chi connectivity index (χ1v) is 10.3. The van der Waals surface area contributed by atoms with Gasteiger partial charge in [0.05, 0.1) is 32.4 Å². The fraction of sp³-hybridized carbons (Fsp3) is 0.318. The lowest BCUT2D eigenvalue weighted by atomic mass is 10.2. The zero-order valence-electron chi connectivity index (χ0n) is 17.3. The Labute approximate surface area is 186 Å². The van der Waals surface area contributed by atoms with Crippen molar-refractivity contribution < 1.29 is 19.1 Å². The van der Waals surface area contributed by atoms with Crippen molar-refractivity contribution in [1.29, 1.82) is 0 Å². The molecule has 3 rings (SSSR count). The van der Waals surface area contributed by atoms with Crippen molar-refractivity contribution in [3.8, 4) is 0 Å². The Morgan fingerprint density at radius 1 is 1.13 bits per heavy atom. The van der Waals surface area contributed by atoms with Crippen molar-refractivity contribution in [2.75, 3.05) is 51.8 Å². The van der Waals surface area contributed by atoms with Gasteiger partial charge in [0.1, 0.15) is 0 Å². The van der Waals surface area contributed by atoms with Crippen LogP contribution in [0.15, 0.2) is 53.5 Å². The van der Waals surface area contributed by atoms with Crippen molar-refractivity contribution in [2.45, 2.75) is 0 Å². The van der Waals surface area contributed by atoms with Gasteiger partial charge in [-0.2, -0.15) is 0 Å².